The zero-order valence-corrected chi connectivity index (χ0v) is 18.1. The highest BCUT2D eigenvalue weighted by Crippen LogP contribution is 2.37. The lowest BCUT2D eigenvalue weighted by atomic mass is 9.87. The minimum absolute atomic E-state index is 0.00235. The topological polar surface area (TPSA) is 69.0 Å². The molecule has 0 aliphatic heterocycles. The van der Waals surface area contributed by atoms with Gasteiger partial charge in [-0.05, 0) is 43.7 Å². The van der Waals surface area contributed by atoms with Gasteiger partial charge in [0.1, 0.15) is 0 Å². The number of thiophene rings is 1. The third-order valence-electron chi connectivity index (χ3n) is 4.97. The number of thioether (sulfide) groups is 1. The van der Waals surface area contributed by atoms with Gasteiger partial charge in [-0.15, -0.1) is 21.5 Å². The van der Waals surface area contributed by atoms with Gasteiger partial charge in [0.15, 0.2) is 11.0 Å². The maximum absolute atomic E-state index is 12.0. The lowest BCUT2D eigenvalue weighted by Crippen LogP contribution is -2.36. The van der Waals surface area contributed by atoms with Crippen LogP contribution in [0.15, 0.2) is 11.2 Å². The number of fused-ring (bicyclic) bond motifs is 1. The lowest BCUT2D eigenvalue weighted by molar-refractivity contribution is -0.119. The maximum atomic E-state index is 12.0. The number of carbonyl (C=O) groups excluding carboxylic acids is 1. The van der Waals surface area contributed by atoms with Crippen LogP contribution in [-0.4, -0.2) is 46.2 Å². The Balaban J connectivity index is 1.64. The lowest BCUT2D eigenvalue weighted by Gasteiger charge is -2.19. The number of nitrogens with one attached hydrogen (secondary N) is 1. The van der Waals surface area contributed by atoms with Crippen LogP contribution in [0.4, 0.5) is 0 Å². The fourth-order valence-corrected chi connectivity index (χ4v) is 5.40. The first kappa shape index (κ1) is 20.4. The summed E-state index contributed by atoms with van der Waals surface area (Å²) < 4.78 is 7.03. The van der Waals surface area contributed by atoms with E-state index in [-0.39, 0.29) is 11.9 Å². The minimum Gasteiger partial charge on any atom is -0.383 e. The van der Waals surface area contributed by atoms with Gasteiger partial charge >= 0.3 is 0 Å². The highest BCUT2D eigenvalue weighted by Gasteiger charge is 2.22. The smallest absolute Gasteiger partial charge is 0.230 e. The van der Waals surface area contributed by atoms with Crippen LogP contribution >= 0.6 is 23.1 Å². The van der Waals surface area contributed by atoms with Crippen LogP contribution in [-0.2, 0) is 29.4 Å². The molecule has 27 heavy (non-hydrogen) atoms. The van der Waals surface area contributed by atoms with Crippen molar-refractivity contribution >= 4 is 29.0 Å². The van der Waals surface area contributed by atoms with E-state index in [0.717, 1.165) is 16.9 Å². The molecule has 2 aromatic heterocycles. The molecule has 2 aromatic rings. The molecule has 2 heterocycles. The SMILES string of the molecule is CCC1CCc2sc(-c3nnc(SCC(=O)NC(C)COC)n3C)cc2C1. The summed E-state index contributed by atoms with van der Waals surface area (Å²) in [4.78, 5) is 14.7. The van der Waals surface area contributed by atoms with Crippen LogP contribution in [0.3, 0.4) is 0 Å². The summed E-state index contributed by atoms with van der Waals surface area (Å²) in [5.74, 6) is 1.99. The Morgan fingerprint density at radius 3 is 3.07 bits per heavy atom. The van der Waals surface area contributed by atoms with Crippen LogP contribution in [0, 0.1) is 5.92 Å². The number of aromatic nitrogens is 3. The molecule has 2 atom stereocenters. The van der Waals surface area contributed by atoms with E-state index in [1.807, 2.05) is 29.9 Å². The minimum atomic E-state index is -0.0219. The first-order chi connectivity index (χ1) is 13.0. The molecule has 2 unspecified atom stereocenters. The molecule has 0 saturated carbocycles. The van der Waals surface area contributed by atoms with Crippen LogP contribution in [0.1, 0.15) is 37.1 Å². The van der Waals surface area contributed by atoms with Gasteiger partial charge in [-0.25, -0.2) is 0 Å². The van der Waals surface area contributed by atoms with Crippen LogP contribution in [0.25, 0.3) is 10.7 Å². The number of ether oxygens (including phenoxy) is 1. The van der Waals surface area contributed by atoms with E-state index in [1.54, 1.807) is 7.11 Å². The molecule has 1 N–H and O–H groups in total. The number of rotatable bonds is 8. The Labute approximate surface area is 169 Å². The molecule has 1 amide bonds. The summed E-state index contributed by atoms with van der Waals surface area (Å²) in [6, 6.07) is 2.29. The van der Waals surface area contributed by atoms with E-state index in [4.69, 9.17) is 4.74 Å². The van der Waals surface area contributed by atoms with Crippen molar-refractivity contribution in [3.63, 3.8) is 0 Å². The molecular weight excluding hydrogens is 380 g/mol. The van der Waals surface area contributed by atoms with E-state index in [2.05, 4.69) is 28.5 Å². The highest BCUT2D eigenvalue weighted by molar-refractivity contribution is 7.99. The maximum Gasteiger partial charge on any atom is 0.230 e. The van der Waals surface area contributed by atoms with Gasteiger partial charge in [-0.2, -0.15) is 0 Å². The van der Waals surface area contributed by atoms with Crippen molar-refractivity contribution in [3.8, 4) is 10.7 Å². The number of aryl methyl sites for hydroxylation is 1. The predicted molar refractivity (Wildman–Crippen MR) is 110 cm³/mol. The van der Waals surface area contributed by atoms with Crippen molar-refractivity contribution < 1.29 is 9.53 Å². The summed E-state index contributed by atoms with van der Waals surface area (Å²) in [7, 11) is 3.60. The second kappa shape index (κ2) is 9.21. The van der Waals surface area contributed by atoms with Gasteiger partial charge in [0.25, 0.3) is 0 Å². The average Bonchev–Trinajstić information content (AvgIpc) is 3.22. The van der Waals surface area contributed by atoms with E-state index >= 15 is 0 Å². The predicted octanol–water partition coefficient (Wildman–Crippen LogP) is 3.30. The van der Waals surface area contributed by atoms with E-state index in [1.165, 1.54) is 52.8 Å². The Morgan fingerprint density at radius 1 is 1.52 bits per heavy atom. The molecule has 148 valence electrons. The summed E-state index contributed by atoms with van der Waals surface area (Å²) in [6.45, 7) is 4.71. The molecule has 3 rings (SSSR count). The van der Waals surface area contributed by atoms with Gasteiger partial charge < -0.3 is 14.6 Å². The normalized spacial score (nSPS) is 17.6. The zero-order chi connectivity index (χ0) is 19.4. The van der Waals surface area contributed by atoms with Gasteiger partial charge in [0.05, 0.1) is 17.2 Å². The fourth-order valence-electron chi connectivity index (χ4n) is 3.45. The van der Waals surface area contributed by atoms with Crippen molar-refractivity contribution in [1.29, 1.82) is 0 Å². The number of nitrogens with zero attached hydrogens (tertiary/aromatic N) is 3. The molecule has 8 heteroatoms. The summed E-state index contributed by atoms with van der Waals surface area (Å²) in [6.07, 6.45) is 4.90. The first-order valence-electron chi connectivity index (χ1n) is 9.44. The number of methoxy groups -OCH3 is 1. The number of hydrogen-bond donors (Lipinski definition) is 1. The van der Waals surface area contributed by atoms with Crippen molar-refractivity contribution in [3.05, 3.63) is 16.5 Å². The third kappa shape index (κ3) is 4.92. The van der Waals surface area contributed by atoms with Crippen LogP contribution in [0.5, 0.6) is 0 Å². The summed E-state index contributed by atoms with van der Waals surface area (Å²) >= 11 is 3.25. The largest absolute Gasteiger partial charge is 0.383 e. The monoisotopic (exact) mass is 408 g/mol. The molecule has 0 saturated heterocycles. The second-order valence-electron chi connectivity index (χ2n) is 7.15. The molecule has 0 fully saturated rings. The third-order valence-corrected chi connectivity index (χ3v) is 7.23. The van der Waals surface area contributed by atoms with Crippen molar-refractivity contribution in [2.24, 2.45) is 13.0 Å². The molecule has 0 aromatic carbocycles. The fraction of sp³-hybridized carbons (Fsp3) is 0.632. The Hall–Kier alpha value is -1.38. The van der Waals surface area contributed by atoms with E-state index in [9.17, 15) is 4.79 Å². The Kier molecular flexibility index (Phi) is 6.94. The van der Waals surface area contributed by atoms with E-state index < -0.39 is 0 Å². The summed E-state index contributed by atoms with van der Waals surface area (Å²) in [5.41, 5.74) is 1.48. The number of amides is 1. The van der Waals surface area contributed by atoms with Gasteiger partial charge in [0, 0.05) is 25.1 Å². The Bertz CT molecular complexity index is 787. The van der Waals surface area contributed by atoms with Crippen molar-refractivity contribution in [1.82, 2.24) is 20.1 Å². The molecule has 6 nitrogen and oxygen atoms in total. The summed E-state index contributed by atoms with van der Waals surface area (Å²) in [5, 5.41) is 12.4. The quantitative estimate of drug-likeness (QED) is 0.679. The number of hydrogen-bond acceptors (Lipinski definition) is 6. The van der Waals surface area contributed by atoms with E-state index in [0.29, 0.717) is 12.4 Å². The average molecular weight is 409 g/mol. The molecule has 1 aliphatic rings. The molecule has 1 aliphatic carbocycles. The van der Waals surface area contributed by atoms with Crippen LogP contribution in [0.2, 0.25) is 0 Å². The molecule has 0 spiro atoms. The van der Waals surface area contributed by atoms with Gasteiger partial charge in [-0.1, -0.05) is 25.1 Å². The van der Waals surface area contributed by atoms with Crippen molar-refractivity contribution in [2.45, 2.75) is 50.7 Å². The van der Waals surface area contributed by atoms with Gasteiger partial charge in [-0.3, -0.25) is 4.79 Å². The number of carbonyl (C=O) groups is 1. The van der Waals surface area contributed by atoms with Crippen LogP contribution < -0.4 is 5.32 Å². The standard InChI is InChI=1S/C19H28N4O2S2/c1-5-13-6-7-15-14(8-13)9-16(27-15)18-21-22-19(23(18)3)26-11-17(24)20-12(2)10-25-4/h9,12-13H,5-8,10-11H2,1-4H3,(H,20,24). The second-order valence-corrected chi connectivity index (χ2v) is 9.23. The highest BCUT2D eigenvalue weighted by atomic mass is 32.2. The Morgan fingerprint density at radius 2 is 2.33 bits per heavy atom. The zero-order valence-electron chi connectivity index (χ0n) is 16.4. The molecular formula is C19H28N4O2S2. The van der Waals surface area contributed by atoms with Crippen molar-refractivity contribution in [2.75, 3.05) is 19.5 Å². The molecule has 0 bridgehead atoms. The molecule has 0 radical (unpaired) electrons. The first-order valence-corrected chi connectivity index (χ1v) is 11.2. The van der Waals surface area contributed by atoms with Gasteiger partial charge in [0.2, 0.25) is 5.91 Å².